The molecule has 0 aliphatic heterocycles. The largest absolute Gasteiger partial charge is 0.271 e. The summed E-state index contributed by atoms with van der Waals surface area (Å²) in [5.41, 5.74) is 4.50. The van der Waals surface area contributed by atoms with Gasteiger partial charge in [-0.3, -0.25) is 4.79 Å². The van der Waals surface area contributed by atoms with Crippen molar-refractivity contribution in [1.82, 2.24) is 5.43 Å². The zero-order valence-corrected chi connectivity index (χ0v) is 14.0. The molecule has 1 amide bonds. The molecule has 2 rings (SSSR count). The van der Waals surface area contributed by atoms with Crippen molar-refractivity contribution in [2.75, 3.05) is 0 Å². The number of hydrazone groups is 1. The molecule has 0 saturated carbocycles. The molecule has 22 heavy (non-hydrogen) atoms. The molecular weight excluding hydrogens is 343 g/mol. The molecule has 0 unspecified atom stereocenters. The molecule has 1 N–H and O–H groups in total. The van der Waals surface area contributed by atoms with E-state index in [-0.39, 0.29) is 5.91 Å². The molecule has 114 valence electrons. The van der Waals surface area contributed by atoms with E-state index in [1.54, 1.807) is 24.3 Å². The molecule has 0 atom stereocenters. The lowest BCUT2D eigenvalue weighted by molar-refractivity contribution is 0.0955. The number of rotatable bonds is 4. The number of carbonyl (C=O) groups excluding carboxylic acids is 1. The van der Waals surface area contributed by atoms with E-state index in [9.17, 15) is 4.79 Å². The summed E-state index contributed by atoms with van der Waals surface area (Å²) in [4.78, 5) is 12.1. The number of carbonyl (C=O) groups is 1. The first-order chi connectivity index (χ1) is 10.5. The molecule has 0 aliphatic rings. The Balaban J connectivity index is 2.17. The van der Waals surface area contributed by atoms with Crippen LogP contribution in [0.2, 0.25) is 15.1 Å². The summed E-state index contributed by atoms with van der Waals surface area (Å²) in [5, 5.41) is 5.51. The van der Waals surface area contributed by atoms with Gasteiger partial charge in [0, 0.05) is 10.6 Å². The second-order valence-corrected chi connectivity index (χ2v) is 5.74. The Morgan fingerprint density at radius 2 is 1.82 bits per heavy atom. The number of nitrogens with zero attached hydrogens (tertiary/aromatic N) is 1. The highest BCUT2D eigenvalue weighted by Gasteiger charge is 2.08. The van der Waals surface area contributed by atoms with Crippen LogP contribution in [0.15, 0.2) is 47.6 Å². The Kier molecular flexibility index (Phi) is 5.83. The van der Waals surface area contributed by atoms with Crippen LogP contribution in [0, 0.1) is 0 Å². The van der Waals surface area contributed by atoms with E-state index in [0.717, 1.165) is 11.3 Å². The molecule has 6 heteroatoms. The first-order valence-electron chi connectivity index (χ1n) is 6.59. The van der Waals surface area contributed by atoms with Crippen LogP contribution in [0.4, 0.5) is 0 Å². The average Bonchev–Trinajstić information content (AvgIpc) is 2.50. The first kappa shape index (κ1) is 16.8. The Bertz CT molecular complexity index is 729. The van der Waals surface area contributed by atoms with Crippen LogP contribution in [-0.2, 0) is 0 Å². The van der Waals surface area contributed by atoms with Crippen molar-refractivity contribution in [1.29, 1.82) is 0 Å². The smallest absolute Gasteiger partial charge is 0.267 e. The summed E-state index contributed by atoms with van der Waals surface area (Å²) in [5.74, 6) is -0.355. The number of nitrogens with one attached hydrogen (secondary N) is 1. The maximum Gasteiger partial charge on any atom is 0.271 e. The third kappa shape index (κ3) is 4.23. The van der Waals surface area contributed by atoms with E-state index in [1.165, 1.54) is 6.07 Å². The van der Waals surface area contributed by atoms with Crippen molar-refractivity contribution in [3.8, 4) is 0 Å². The average molecular weight is 356 g/mol. The molecule has 0 fully saturated rings. The van der Waals surface area contributed by atoms with Crippen LogP contribution in [0.3, 0.4) is 0 Å². The highest BCUT2D eigenvalue weighted by molar-refractivity contribution is 6.42. The maximum absolute atomic E-state index is 12.1. The lowest BCUT2D eigenvalue weighted by atomic mass is 10.1. The van der Waals surface area contributed by atoms with Gasteiger partial charge in [-0.1, -0.05) is 53.9 Å². The van der Waals surface area contributed by atoms with Gasteiger partial charge in [0.05, 0.1) is 15.8 Å². The van der Waals surface area contributed by atoms with Crippen LogP contribution < -0.4 is 5.43 Å². The Hall–Kier alpha value is -1.55. The molecule has 2 aromatic rings. The summed E-state index contributed by atoms with van der Waals surface area (Å²) in [7, 11) is 0. The summed E-state index contributed by atoms with van der Waals surface area (Å²) >= 11 is 17.7. The van der Waals surface area contributed by atoms with Crippen LogP contribution >= 0.6 is 34.8 Å². The Labute approximate surface area is 143 Å². The SMILES string of the molecule is CC/C(=N\NC(=O)c1ccc(Cl)c(Cl)c1)c1cccc(Cl)c1. The quantitative estimate of drug-likeness (QED) is 0.595. The Morgan fingerprint density at radius 1 is 1.05 bits per heavy atom. The fourth-order valence-electron chi connectivity index (χ4n) is 1.84. The van der Waals surface area contributed by atoms with Gasteiger partial charge in [0.15, 0.2) is 0 Å². The van der Waals surface area contributed by atoms with Crippen molar-refractivity contribution >= 4 is 46.4 Å². The number of amides is 1. The van der Waals surface area contributed by atoms with E-state index in [1.807, 2.05) is 19.1 Å². The molecule has 2 aromatic carbocycles. The van der Waals surface area contributed by atoms with Crippen molar-refractivity contribution in [3.63, 3.8) is 0 Å². The van der Waals surface area contributed by atoms with Gasteiger partial charge in [0.1, 0.15) is 0 Å². The van der Waals surface area contributed by atoms with E-state index >= 15 is 0 Å². The minimum atomic E-state index is -0.355. The minimum Gasteiger partial charge on any atom is -0.267 e. The van der Waals surface area contributed by atoms with Crippen molar-refractivity contribution in [2.24, 2.45) is 5.10 Å². The van der Waals surface area contributed by atoms with Crippen molar-refractivity contribution in [3.05, 3.63) is 68.7 Å². The number of halogens is 3. The van der Waals surface area contributed by atoms with Crippen molar-refractivity contribution < 1.29 is 4.79 Å². The van der Waals surface area contributed by atoms with Gasteiger partial charge < -0.3 is 0 Å². The number of hydrogen-bond acceptors (Lipinski definition) is 2. The Morgan fingerprint density at radius 3 is 2.45 bits per heavy atom. The highest BCUT2D eigenvalue weighted by atomic mass is 35.5. The summed E-state index contributed by atoms with van der Waals surface area (Å²) < 4.78 is 0. The van der Waals surface area contributed by atoms with E-state index < -0.39 is 0 Å². The molecule has 3 nitrogen and oxygen atoms in total. The fourth-order valence-corrected chi connectivity index (χ4v) is 2.32. The summed E-state index contributed by atoms with van der Waals surface area (Å²) in [6.45, 7) is 1.95. The molecule has 0 radical (unpaired) electrons. The van der Waals surface area contributed by atoms with Gasteiger partial charge in [-0.25, -0.2) is 5.43 Å². The van der Waals surface area contributed by atoms with Crippen LogP contribution in [0.5, 0.6) is 0 Å². The molecule has 0 spiro atoms. The van der Waals surface area contributed by atoms with Crippen LogP contribution in [-0.4, -0.2) is 11.6 Å². The van der Waals surface area contributed by atoms with Gasteiger partial charge in [-0.15, -0.1) is 0 Å². The zero-order chi connectivity index (χ0) is 16.1. The van der Waals surface area contributed by atoms with E-state index in [2.05, 4.69) is 10.5 Å². The topological polar surface area (TPSA) is 41.5 Å². The van der Waals surface area contributed by atoms with Gasteiger partial charge >= 0.3 is 0 Å². The molecule has 0 aliphatic carbocycles. The summed E-state index contributed by atoms with van der Waals surface area (Å²) in [6, 6.07) is 12.0. The number of benzene rings is 2. The van der Waals surface area contributed by atoms with Gasteiger partial charge in [-0.05, 0) is 42.3 Å². The molecular formula is C16H13Cl3N2O. The fraction of sp³-hybridized carbons (Fsp3) is 0.125. The molecule has 0 saturated heterocycles. The normalized spacial score (nSPS) is 11.4. The predicted octanol–water partition coefficient (Wildman–Crippen LogP) is 5.19. The lowest BCUT2D eigenvalue weighted by Gasteiger charge is -2.06. The lowest BCUT2D eigenvalue weighted by Crippen LogP contribution is -2.20. The summed E-state index contributed by atoms with van der Waals surface area (Å²) in [6.07, 6.45) is 0.655. The first-order valence-corrected chi connectivity index (χ1v) is 7.72. The second-order valence-electron chi connectivity index (χ2n) is 4.49. The second kappa shape index (κ2) is 7.63. The van der Waals surface area contributed by atoms with E-state index in [4.69, 9.17) is 34.8 Å². The predicted molar refractivity (Wildman–Crippen MR) is 92.2 cm³/mol. The third-order valence-electron chi connectivity index (χ3n) is 2.97. The van der Waals surface area contributed by atoms with Crippen molar-refractivity contribution in [2.45, 2.75) is 13.3 Å². The maximum atomic E-state index is 12.1. The molecule has 0 heterocycles. The van der Waals surface area contributed by atoms with Crippen LogP contribution in [0.1, 0.15) is 29.3 Å². The molecule has 0 aromatic heterocycles. The monoisotopic (exact) mass is 354 g/mol. The zero-order valence-electron chi connectivity index (χ0n) is 11.7. The van der Waals surface area contributed by atoms with Gasteiger partial charge in [-0.2, -0.15) is 5.10 Å². The number of hydrogen-bond donors (Lipinski definition) is 1. The standard InChI is InChI=1S/C16H13Cl3N2O/c1-2-15(10-4-3-5-12(17)8-10)20-21-16(22)11-6-7-13(18)14(19)9-11/h3-9H,2H2,1H3,(H,21,22)/b20-15+. The van der Waals surface area contributed by atoms with E-state index in [0.29, 0.717) is 27.1 Å². The van der Waals surface area contributed by atoms with Gasteiger partial charge in [0.2, 0.25) is 0 Å². The minimum absolute atomic E-state index is 0.323. The van der Waals surface area contributed by atoms with Gasteiger partial charge in [0.25, 0.3) is 5.91 Å². The van der Waals surface area contributed by atoms with Crippen LogP contribution in [0.25, 0.3) is 0 Å². The third-order valence-corrected chi connectivity index (χ3v) is 3.94. The highest BCUT2D eigenvalue weighted by Crippen LogP contribution is 2.22. The molecule has 0 bridgehead atoms.